The largest absolute Gasteiger partial charge is 0.332 e. The summed E-state index contributed by atoms with van der Waals surface area (Å²) in [6, 6.07) is 0. The van der Waals surface area contributed by atoms with E-state index >= 15 is 0 Å². The SMILES string of the molecule is CCC=CCC=CCC=CCCCCCCCCn1c(=O)c2c(ncn2C)n(C)c1=O. The minimum Gasteiger partial charge on any atom is -0.328 e. The molecular formula is C25H38N4O2. The van der Waals surface area contributed by atoms with Gasteiger partial charge in [0.15, 0.2) is 11.2 Å². The number of allylic oxidation sites excluding steroid dienone is 6. The Kier molecular flexibility index (Phi) is 10.8. The summed E-state index contributed by atoms with van der Waals surface area (Å²) in [7, 11) is 3.45. The van der Waals surface area contributed by atoms with Gasteiger partial charge in [-0.3, -0.25) is 13.9 Å². The van der Waals surface area contributed by atoms with Gasteiger partial charge in [0.2, 0.25) is 0 Å². The van der Waals surface area contributed by atoms with E-state index in [2.05, 4.69) is 48.4 Å². The molecule has 0 aliphatic heterocycles. The Morgan fingerprint density at radius 1 is 0.839 bits per heavy atom. The number of nitrogens with zero attached hydrogens (tertiary/aromatic N) is 4. The number of imidazole rings is 1. The predicted octanol–water partition coefficient (Wildman–Crippen LogP) is 5.02. The van der Waals surface area contributed by atoms with Gasteiger partial charge in [-0.15, -0.1) is 0 Å². The zero-order valence-electron chi connectivity index (χ0n) is 19.4. The maximum Gasteiger partial charge on any atom is 0.332 e. The molecule has 2 rings (SSSR count). The summed E-state index contributed by atoms with van der Waals surface area (Å²) < 4.78 is 4.50. The summed E-state index contributed by atoms with van der Waals surface area (Å²) in [5.74, 6) is 0. The van der Waals surface area contributed by atoms with E-state index in [-0.39, 0.29) is 11.2 Å². The second-order valence-corrected chi connectivity index (χ2v) is 8.03. The molecule has 2 heterocycles. The number of hydrogen-bond acceptors (Lipinski definition) is 3. The Bertz CT molecular complexity index is 1000. The number of hydrogen-bond donors (Lipinski definition) is 0. The average Bonchev–Trinajstić information content (AvgIpc) is 3.15. The minimum atomic E-state index is -0.282. The van der Waals surface area contributed by atoms with Crippen LogP contribution in [-0.2, 0) is 20.6 Å². The molecular weight excluding hydrogens is 388 g/mol. The van der Waals surface area contributed by atoms with E-state index in [0.29, 0.717) is 17.7 Å². The lowest BCUT2D eigenvalue weighted by atomic mass is 10.1. The van der Waals surface area contributed by atoms with Crippen molar-refractivity contribution in [2.24, 2.45) is 14.1 Å². The summed E-state index contributed by atoms with van der Waals surface area (Å²) >= 11 is 0. The minimum absolute atomic E-state index is 0.239. The van der Waals surface area contributed by atoms with Crippen LogP contribution >= 0.6 is 0 Å². The highest BCUT2D eigenvalue weighted by atomic mass is 16.2. The van der Waals surface area contributed by atoms with Gasteiger partial charge < -0.3 is 4.57 Å². The molecule has 170 valence electrons. The van der Waals surface area contributed by atoms with Gasteiger partial charge >= 0.3 is 5.69 Å². The van der Waals surface area contributed by atoms with Crippen LogP contribution in [-0.4, -0.2) is 18.7 Å². The van der Waals surface area contributed by atoms with Crippen molar-refractivity contribution in [1.29, 1.82) is 0 Å². The smallest absolute Gasteiger partial charge is 0.328 e. The monoisotopic (exact) mass is 426 g/mol. The van der Waals surface area contributed by atoms with Gasteiger partial charge in [0, 0.05) is 20.6 Å². The molecule has 2 aromatic rings. The molecule has 0 aliphatic rings. The van der Waals surface area contributed by atoms with Crippen molar-refractivity contribution in [1.82, 2.24) is 18.7 Å². The number of rotatable bonds is 14. The molecule has 0 aromatic carbocycles. The molecule has 31 heavy (non-hydrogen) atoms. The Morgan fingerprint density at radius 3 is 2.16 bits per heavy atom. The van der Waals surface area contributed by atoms with Gasteiger partial charge in [-0.25, -0.2) is 9.78 Å². The average molecular weight is 427 g/mol. The molecule has 0 bridgehead atoms. The van der Waals surface area contributed by atoms with Gasteiger partial charge in [0.05, 0.1) is 6.33 Å². The summed E-state index contributed by atoms with van der Waals surface area (Å²) in [4.78, 5) is 29.3. The fourth-order valence-electron chi connectivity index (χ4n) is 3.66. The van der Waals surface area contributed by atoms with E-state index in [1.165, 1.54) is 28.4 Å². The zero-order chi connectivity index (χ0) is 22.5. The van der Waals surface area contributed by atoms with Crippen molar-refractivity contribution < 1.29 is 0 Å². The van der Waals surface area contributed by atoms with Crippen molar-refractivity contribution >= 4 is 11.2 Å². The quantitative estimate of drug-likeness (QED) is 0.315. The normalized spacial score (nSPS) is 12.4. The maximum absolute atomic E-state index is 12.7. The molecule has 0 N–H and O–H groups in total. The molecule has 2 aromatic heterocycles. The summed E-state index contributed by atoms with van der Waals surface area (Å²) in [5, 5.41) is 0. The lowest BCUT2D eigenvalue weighted by Gasteiger charge is -2.08. The molecule has 0 saturated heterocycles. The molecule has 0 aliphatic carbocycles. The van der Waals surface area contributed by atoms with Crippen molar-refractivity contribution in [3.05, 3.63) is 63.6 Å². The van der Waals surface area contributed by atoms with Gasteiger partial charge in [-0.05, 0) is 38.5 Å². The standard InChI is InChI=1S/C25H38N4O2/c1-4-5-6-7-8-9-10-11-12-13-14-15-16-17-18-19-20-29-24(30)22-23(26-21-27(22)2)28(3)25(29)31/h5-6,8-9,11-12,21H,4,7,10,13-20H2,1-3H3. The van der Waals surface area contributed by atoms with E-state index in [1.807, 2.05) is 0 Å². The van der Waals surface area contributed by atoms with Crippen molar-refractivity contribution in [3.8, 4) is 0 Å². The van der Waals surface area contributed by atoms with Crippen LogP contribution in [0.5, 0.6) is 0 Å². The van der Waals surface area contributed by atoms with Crippen LogP contribution in [0.3, 0.4) is 0 Å². The highest BCUT2D eigenvalue weighted by molar-refractivity contribution is 5.69. The first kappa shape index (κ1) is 24.6. The molecule has 0 amide bonds. The first-order valence-electron chi connectivity index (χ1n) is 11.6. The van der Waals surface area contributed by atoms with Crippen LogP contribution in [0.1, 0.15) is 71.1 Å². The van der Waals surface area contributed by atoms with E-state index in [1.54, 1.807) is 25.0 Å². The van der Waals surface area contributed by atoms with Crippen LogP contribution in [0.2, 0.25) is 0 Å². The number of aromatic nitrogens is 4. The van der Waals surface area contributed by atoms with Crippen LogP contribution in [0.15, 0.2) is 52.4 Å². The lowest BCUT2D eigenvalue weighted by Crippen LogP contribution is -2.39. The third kappa shape index (κ3) is 7.53. The molecule has 0 saturated carbocycles. The topological polar surface area (TPSA) is 61.8 Å². The molecule has 6 heteroatoms. The Morgan fingerprint density at radius 2 is 1.45 bits per heavy atom. The molecule has 6 nitrogen and oxygen atoms in total. The van der Waals surface area contributed by atoms with E-state index in [9.17, 15) is 9.59 Å². The number of aryl methyl sites for hydroxylation is 2. The van der Waals surface area contributed by atoms with Gasteiger partial charge in [-0.2, -0.15) is 0 Å². The van der Waals surface area contributed by atoms with Crippen LogP contribution < -0.4 is 11.2 Å². The lowest BCUT2D eigenvalue weighted by molar-refractivity contribution is 0.524. The van der Waals surface area contributed by atoms with E-state index in [0.717, 1.165) is 44.9 Å². The first-order valence-corrected chi connectivity index (χ1v) is 11.6. The summed E-state index contributed by atoms with van der Waals surface area (Å²) in [6.07, 6.45) is 25.9. The van der Waals surface area contributed by atoms with E-state index in [4.69, 9.17) is 0 Å². The predicted molar refractivity (Wildman–Crippen MR) is 129 cm³/mol. The van der Waals surface area contributed by atoms with Crippen LogP contribution in [0.4, 0.5) is 0 Å². The second kappa shape index (κ2) is 13.6. The number of unbranched alkanes of at least 4 members (excludes halogenated alkanes) is 6. The summed E-state index contributed by atoms with van der Waals surface area (Å²) in [6.45, 7) is 2.62. The number of fused-ring (bicyclic) bond motifs is 1. The first-order chi connectivity index (χ1) is 15.1. The Balaban J connectivity index is 1.60. The molecule has 0 fully saturated rings. The van der Waals surface area contributed by atoms with Crippen molar-refractivity contribution in [3.63, 3.8) is 0 Å². The fraction of sp³-hybridized carbons (Fsp3) is 0.560. The Hall–Kier alpha value is -2.63. The van der Waals surface area contributed by atoms with Crippen molar-refractivity contribution in [2.75, 3.05) is 0 Å². The third-order valence-electron chi connectivity index (χ3n) is 5.48. The highest BCUT2D eigenvalue weighted by Crippen LogP contribution is 2.09. The molecule has 0 atom stereocenters. The Labute approximate surface area is 185 Å². The maximum atomic E-state index is 12.7. The van der Waals surface area contributed by atoms with Gasteiger partial charge in [0.1, 0.15) is 0 Å². The zero-order valence-corrected chi connectivity index (χ0v) is 19.4. The third-order valence-corrected chi connectivity index (χ3v) is 5.48. The van der Waals surface area contributed by atoms with Crippen LogP contribution in [0.25, 0.3) is 11.2 Å². The van der Waals surface area contributed by atoms with Gasteiger partial charge in [0.25, 0.3) is 5.56 Å². The van der Waals surface area contributed by atoms with Crippen LogP contribution in [0, 0.1) is 0 Å². The molecule has 0 radical (unpaired) electrons. The summed E-state index contributed by atoms with van der Waals surface area (Å²) in [5.41, 5.74) is 0.411. The van der Waals surface area contributed by atoms with Crippen molar-refractivity contribution in [2.45, 2.75) is 77.7 Å². The highest BCUT2D eigenvalue weighted by Gasteiger charge is 2.14. The molecule has 0 unspecified atom stereocenters. The van der Waals surface area contributed by atoms with E-state index < -0.39 is 0 Å². The fourth-order valence-corrected chi connectivity index (χ4v) is 3.66. The second-order valence-electron chi connectivity index (χ2n) is 8.03. The van der Waals surface area contributed by atoms with Gasteiger partial charge in [-0.1, -0.05) is 69.1 Å². The molecule has 0 spiro atoms.